The van der Waals surface area contributed by atoms with E-state index in [1.165, 1.54) is 32.1 Å². The smallest absolute Gasteiger partial charge is 0.323 e. The number of carbonyl (C=O) groups excluding carboxylic acids is 2. The first-order valence-electron chi connectivity index (χ1n) is 14.1. The van der Waals surface area contributed by atoms with Gasteiger partial charge in [-0.3, -0.25) is 4.79 Å². The fraction of sp³-hybridized carbons (Fsp3) is 0.621. The van der Waals surface area contributed by atoms with Crippen molar-refractivity contribution in [1.82, 2.24) is 15.0 Å². The molecule has 1 aromatic heterocycles. The van der Waals surface area contributed by atoms with E-state index in [4.69, 9.17) is 9.26 Å². The molecule has 0 saturated heterocycles. The van der Waals surface area contributed by atoms with E-state index in [0.29, 0.717) is 40.7 Å². The molecule has 3 N–H and O–H groups in total. The fourth-order valence-electron chi connectivity index (χ4n) is 5.65. The van der Waals surface area contributed by atoms with Crippen molar-refractivity contribution in [3.63, 3.8) is 0 Å². The number of ether oxygens (including phenoxy) is 1. The molecule has 3 atom stereocenters. The third kappa shape index (κ3) is 7.10. The summed E-state index contributed by atoms with van der Waals surface area (Å²) in [4.78, 5) is 30.5. The van der Waals surface area contributed by atoms with Gasteiger partial charge in [-0.05, 0) is 64.8 Å². The molecule has 2 aromatic rings. The maximum Gasteiger partial charge on any atom is 0.323 e. The summed E-state index contributed by atoms with van der Waals surface area (Å²) < 4.78 is 11.6. The summed E-state index contributed by atoms with van der Waals surface area (Å²) >= 11 is 0. The molecule has 1 fully saturated rings. The number of aryl methyl sites for hydroxylation is 2. The summed E-state index contributed by atoms with van der Waals surface area (Å²) in [5, 5.41) is 19.3. The highest BCUT2D eigenvalue weighted by atomic mass is 16.5. The van der Waals surface area contributed by atoms with E-state index in [1.54, 1.807) is 36.9 Å². The standard InChI is InChI=1S/C29H43N5O5/c1-18-14-34(19(2)17-35)28(36)24-13-23(30-29(37)31-27-20(3)32-39-21(27)4)11-12-25(24)38-26(18)16-33(5)15-22-9-7-6-8-10-22/h11-13,18-19,22,26,35H,6-10,14-17H2,1-5H3,(H2,30,31,37)/t18-,19+,26-/m1/s1. The minimum absolute atomic E-state index is 0.0588. The monoisotopic (exact) mass is 541 g/mol. The van der Waals surface area contributed by atoms with E-state index in [2.05, 4.69) is 34.7 Å². The molecule has 214 valence electrons. The predicted molar refractivity (Wildman–Crippen MR) is 150 cm³/mol. The minimum atomic E-state index is -0.472. The molecule has 1 aliphatic heterocycles. The van der Waals surface area contributed by atoms with Crippen LogP contribution < -0.4 is 15.4 Å². The van der Waals surface area contributed by atoms with Crippen LogP contribution in [-0.4, -0.2) is 77.4 Å². The normalized spacial score (nSPS) is 21.1. The van der Waals surface area contributed by atoms with Crippen LogP contribution in [0.15, 0.2) is 22.7 Å². The molecular weight excluding hydrogens is 498 g/mol. The van der Waals surface area contributed by atoms with Gasteiger partial charge in [0.05, 0.1) is 18.2 Å². The molecule has 10 heteroatoms. The van der Waals surface area contributed by atoms with Crippen LogP contribution in [0.4, 0.5) is 16.2 Å². The molecule has 39 heavy (non-hydrogen) atoms. The third-order valence-electron chi connectivity index (χ3n) is 7.98. The highest BCUT2D eigenvalue weighted by Gasteiger charge is 2.34. The zero-order valence-electron chi connectivity index (χ0n) is 23.8. The number of nitrogens with one attached hydrogen (secondary N) is 2. The first-order valence-corrected chi connectivity index (χ1v) is 14.1. The van der Waals surface area contributed by atoms with Crippen LogP contribution in [0, 0.1) is 25.7 Å². The average molecular weight is 542 g/mol. The Balaban J connectivity index is 1.54. The van der Waals surface area contributed by atoms with Crippen molar-refractivity contribution < 1.29 is 24.0 Å². The quantitative estimate of drug-likeness (QED) is 0.444. The first-order chi connectivity index (χ1) is 18.7. The largest absolute Gasteiger partial charge is 0.488 e. The van der Waals surface area contributed by atoms with Crippen molar-refractivity contribution in [1.29, 1.82) is 0 Å². The van der Waals surface area contributed by atoms with Crippen molar-refractivity contribution in [3.8, 4) is 5.75 Å². The molecule has 10 nitrogen and oxygen atoms in total. The van der Waals surface area contributed by atoms with Crippen LogP contribution in [0.5, 0.6) is 5.75 Å². The Hall–Kier alpha value is -3.11. The second-order valence-corrected chi connectivity index (χ2v) is 11.3. The Bertz CT molecular complexity index is 1130. The van der Waals surface area contributed by atoms with E-state index in [0.717, 1.165) is 19.0 Å². The van der Waals surface area contributed by atoms with Crippen LogP contribution in [-0.2, 0) is 0 Å². The van der Waals surface area contributed by atoms with Crippen LogP contribution >= 0.6 is 0 Å². The summed E-state index contributed by atoms with van der Waals surface area (Å²) in [6.07, 6.45) is 6.38. The Morgan fingerprint density at radius 1 is 1.21 bits per heavy atom. The van der Waals surface area contributed by atoms with E-state index in [9.17, 15) is 14.7 Å². The van der Waals surface area contributed by atoms with Crippen LogP contribution in [0.3, 0.4) is 0 Å². The molecule has 1 aliphatic carbocycles. The predicted octanol–water partition coefficient (Wildman–Crippen LogP) is 4.67. The van der Waals surface area contributed by atoms with Gasteiger partial charge in [0, 0.05) is 31.2 Å². The average Bonchev–Trinajstić information content (AvgIpc) is 3.23. The summed E-state index contributed by atoms with van der Waals surface area (Å²) in [5.41, 5.74) is 1.89. The molecule has 4 rings (SSSR count). The first kappa shape index (κ1) is 28.9. The maximum absolute atomic E-state index is 13.7. The van der Waals surface area contributed by atoms with Crippen LogP contribution in [0.1, 0.15) is 67.8 Å². The van der Waals surface area contributed by atoms with Gasteiger partial charge in [-0.1, -0.05) is 31.3 Å². The number of hydrogen-bond acceptors (Lipinski definition) is 7. The molecule has 0 bridgehead atoms. The number of likely N-dealkylation sites (N-methyl/N-ethyl adjacent to an activating group) is 1. The second-order valence-electron chi connectivity index (χ2n) is 11.3. The number of aliphatic hydroxyl groups is 1. The Kier molecular flexibility index (Phi) is 9.50. The number of amides is 3. The summed E-state index contributed by atoms with van der Waals surface area (Å²) in [6.45, 7) is 9.52. The van der Waals surface area contributed by atoms with E-state index < -0.39 is 6.03 Å². The number of rotatable bonds is 8. The molecule has 1 aromatic carbocycles. The number of fused-ring (bicyclic) bond motifs is 1. The van der Waals surface area contributed by atoms with Crippen molar-refractivity contribution >= 4 is 23.3 Å². The van der Waals surface area contributed by atoms with E-state index >= 15 is 0 Å². The Labute approximate surface area is 231 Å². The molecule has 0 radical (unpaired) electrons. The minimum Gasteiger partial charge on any atom is -0.488 e. The summed E-state index contributed by atoms with van der Waals surface area (Å²) in [6, 6.07) is 4.28. The molecule has 3 amide bonds. The Morgan fingerprint density at radius 3 is 2.62 bits per heavy atom. The number of aliphatic hydroxyl groups excluding tert-OH is 1. The molecule has 2 heterocycles. The lowest BCUT2D eigenvalue weighted by atomic mass is 9.89. The van der Waals surface area contributed by atoms with Gasteiger partial charge in [-0.25, -0.2) is 4.79 Å². The van der Waals surface area contributed by atoms with Gasteiger partial charge >= 0.3 is 6.03 Å². The maximum atomic E-state index is 13.7. The number of carbonyl (C=O) groups is 2. The van der Waals surface area contributed by atoms with Gasteiger partial charge in [0.25, 0.3) is 5.91 Å². The van der Waals surface area contributed by atoms with E-state index in [-0.39, 0.29) is 30.6 Å². The molecule has 0 unspecified atom stereocenters. The zero-order valence-corrected chi connectivity index (χ0v) is 23.8. The van der Waals surface area contributed by atoms with Crippen molar-refractivity contribution in [3.05, 3.63) is 35.2 Å². The molecule has 0 spiro atoms. The number of anilines is 2. The second kappa shape index (κ2) is 12.8. The van der Waals surface area contributed by atoms with Gasteiger partial charge in [0.1, 0.15) is 23.2 Å². The highest BCUT2D eigenvalue weighted by molar-refractivity contribution is 6.03. The lowest BCUT2D eigenvalue weighted by Crippen LogP contribution is -2.50. The van der Waals surface area contributed by atoms with Crippen LogP contribution in [0.25, 0.3) is 0 Å². The van der Waals surface area contributed by atoms with Gasteiger partial charge in [-0.15, -0.1) is 0 Å². The molecular formula is C29H43N5O5. The van der Waals surface area contributed by atoms with Gasteiger partial charge < -0.3 is 34.8 Å². The molecule has 2 aliphatic rings. The van der Waals surface area contributed by atoms with Gasteiger partial charge in [0.15, 0.2) is 5.76 Å². The summed E-state index contributed by atoms with van der Waals surface area (Å²) in [7, 11) is 2.15. The number of urea groups is 1. The topological polar surface area (TPSA) is 120 Å². The van der Waals surface area contributed by atoms with Gasteiger partial charge in [-0.2, -0.15) is 0 Å². The Morgan fingerprint density at radius 2 is 1.95 bits per heavy atom. The number of nitrogens with zero attached hydrogens (tertiary/aromatic N) is 3. The van der Waals surface area contributed by atoms with Gasteiger partial charge in [0.2, 0.25) is 0 Å². The van der Waals surface area contributed by atoms with Crippen molar-refractivity contribution in [2.75, 3.05) is 43.9 Å². The highest BCUT2D eigenvalue weighted by Crippen LogP contribution is 2.31. The van der Waals surface area contributed by atoms with E-state index in [1.807, 2.05) is 6.92 Å². The lowest BCUT2D eigenvalue weighted by molar-refractivity contribution is 0.0330. The number of aromatic nitrogens is 1. The van der Waals surface area contributed by atoms with Crippen molar-refractivity contribution in [2.45, 2.75) is 71.9 Å². The fourth-order valence-corrected chi connectivity index (χ4v) is 5.65. The number of benzene rings is 1. The SMILES string of the molecule is Cc1noc(C)c1NC(=O)Nc1ccc2c(c1)C(=O)N([C@@H](C)CO)C[C@@H](C)[C@@H](CN(C)CC1CCCCC1)O2. The third-order valence-corrected chi connectivity index (χ3v) is 7.98. The summed E-state index contributed by atoms with van der Waals surface area (Å²) in [5.74, 6) is 1.53. The van der Waals surface area contributed by atoms with Crippen molar-refractivity contribution in [2.24, 2.45) is 11.8 Å². The van der Waals surface area contributed by atoms with Crippen LogP contribution in [0.2, 0.25) is 0 Å². The zero-order chi connectivity index (χ0) is 28.1. The number of hydrogen-bond donors (Lipinski definition) is 3. The molecule has 1 saturated carbocycles. The lowest BCUT2D eigenvalue weighted by Gasteiger charge is -2.38.